The Morgan fingerprint density at radius 2 is 2.13 bits per heavy atom. The lowest BCUT2D eigenvalue weighted by Gasteiger charge is -2.13. The number of nitrogens with zero attached hydrogens (tertiary/aromatic N) is 1. The number of H-pyrrole nitrogens is 1. The Labute approximate surface area is 134 Å². The van der Waals surface area contributed by atoms with E-state index in [9.17, 15) is 9.59 Å². The molecule has 0 spiro atoms. The number of aromatic amines is 1. The highest BCUT2D eigenvalue weighted by atomic mass is 16.2. The lowest BCUT2D eigenvalue weighted by Crippen LogP contribution is -2.45. The Kier molecular flexibility index (Phi) is 5.75. The Hall–Kier alpha value is -2.81. The van der Waals surface area contributed by atoms with Crippen LogP contribution < -0.4 is 10.6 Å². The summed E-state index contributed by atoms with van der Waals surface area (Å²) in [5, 5.41) is 14.8. The first-order chi connectivity index (χ1) is 11.1. The number of para-hydroxylation sites is 1. The van der Waals surface area contributed by atoms with Crippen LogP contribution in [0.2, 0.25) is 0 Å². The average molecular weight is 312 g/mol. The third kappa shape index (κ3) is 4.58. The Balaban J connectivity index is 1.81. The quantitative estimate of drug-likeness (QED) is 0.678. The standard InChI is InChI=1S/C17H20N4O2/c1-12(17(23)19-10-4-9-18)21-16(22)8-7-13-11-20-15-6-3-2-5-14(13)15/h2-3,5-6,11-12,20H,4,7-8,10H2,1H3,(H,19,23)(H,21,22). The van der Waals surface area contributed by atoms with Crippen molar-refractivity contribution in [2.24, 2.45) is 0 Å². The van der Waals surface area contributed by atoms with Crippen LogP contribution in [-0.2, 0) is 16.0 Å². The number of carbonyl (C=O) groups excluding carboxylic acids is 2. The number of nitrogens with one attached hydrogen (secondary N) is 3. The molecule has 0 aliphatic carbocycles. The van der Waals surface area contributed by atoms with Gasteiger partial charge in [0.15, 0.2) is 0 Å². The van der Waals surface area contributed by atoms with Crippen molar-refractivity contribution < 1.29 is 9.59 Å². The number of hydrogen-bond donors (Lipinski definition) is 3. The van der Waals surface area contributed by atoms with E-state index in [4.69, 9.17) is 5.26 Å². The van der Waals surface area contributed by atoms with Crippen molar-refractivity contribution in [3.63, 3.8) is 0 Å². The highest BCUT2D eigenvalue weighted by Gasteiger charge is 2.15. The predicted molar refractivity (Wildman–Crippen MR) is 87.5 cm³/mol. The summed E-state index contributed by atoms with van der Waals surface area (Å²) in [5.41, 5.74) is 2.13. The number of hydrogen-bond acceptors (Lipinski definition) is 3. The normalized spacial score (nSPS) is 11.7. The molecule has 1 unspecified atom stereocenters. The van der Waals surface area contributed by atoms with Crippen molar-refractivity contribution in [1.82, 2.24) is 15.6 Å². The molecule has 23 heavy (non-hydrogen) atoms. The molecule has 2 rings (SSSR count). The minimum absolute atomic E-state index is 0.168. The summed E-state index contributed by atoms with van der Waals surface area (Å²) in [6.07, 6.45) is 3.10. The number of rotatable bonds is 7. The van der Waals surface area contributed by atoms with E-state index in [1.807, 2.05) is 36.5 Å². The van der Waals surface area contributed by atoms with Crippen LogP contribution in [0.1, 0.15) is 25.3 Å². The number of amides is 2. The summed E-state index contributed by atoms with van der Waals surface area (Å²) in [6.45, 7) is 1.93. The molecule has 6 heteroatoms. The minimum atomic E-state index is -0.607. The number of aryl methyl sites for hydroxylation is 1. The lowest BCUT2D eigenvalue weighted by atomic mass is 10.1. The van der Waals surface area contributed by atoms with E-state index in [1.165, 1.54) is 0 Å². The second-order valence-corrected chi connectivity index (χ2v) is 5.35. The van der Waals surface area contributed by atoms with Gasteiger partial charge in [-0.15, -0.1) is 0 Å². The minimum Gasteiger partial charge on any atom is -0.361 e. The summed E-state index contributed by atoms with van der Waals surface area (Å²) in [5.74, 6) is -0.445. The first-order valence-corrected chi connectivity index (χ1v) is 7.61. The molecular weight excluding hydrogens is 292 g/mol. The highest BCUT2D eigenvalue weighted by molar-refractivity contribution is 5.88. The van der Waals surface area contributed by atoms with E-state index in [0.717, 1.165) is 16.5 Å². The van der Waals surface area contributed by atoms with Gasteiger partial charge in [-0.3, -0.25) is 9.59 Å². The van der Waals surface area contributed by atoms with Crippen molar-refractivity contribution in [3.05, 3.63) is 36.0 Å². The van der Waals surface area contributed by atoms with Crippen LogP contribution >= 0.6 is 0 Å². The summed E-state index contributed by atoms with van der Waals surface area (Å²) < 4.78 is 0. The van der Waals surface area contributed by atoms with Gasteiger partial charge in [0, 0.05) is 30.1 Å². The van der Waals surface area contributed by atoms with Crippen LogP contribution in [-0.4, -0.2) is 29.4 Å². The number of nitriles is 1. The second kappa shape index (κ2) is 7.99. The Morgan fingerprint density at radius 1 is 1.35 bits per heavy atom. The molecule has 1 aromatic carbocycles. The van der Waals surface area contributed by atoms with Gasteiger partial charge in [0.05, 0.1) is 12.5 Å². The van der Waals surface area contributed by atoms with E-state index in [1.54, 1.807) is 6.92 Å². The summed E-state index contributed by atoms with van der Waals surface area (Å²) in [6, 6.07) is 9.28. The molecule has 3 N–H and O–H groups in total. The molecule has 0 saturated carbocycles. The van der Waals surface area contributed by atoms with Gasteiger partial charge in [-0.25, -0.2) is 0 Å². The van der Waals surface area contributed by atoms with E-state index in [-0.39, 0.29) is 18.2 Å². The van der Waals surface area contributed by atoms with Crippen molar-refractivity contribution in [1.29, 1.82) is 5.26 Å². The van der Waals surface area contributed by atoms with Crippen LogP contribution in [0.4, 0.5) is 0 Å². The van der Waals surface area contributed by atoms with Crippen molar-refractivity contribution in [2.75, 3.05) is 6.54 Å². The van der Waals surface area contributed by atoms with Crippen LogP contribution in [0.5, 0.6) is 0 Å². The maximum atomic E-state index is 12.0. The third-order valence-corrected chi connectivity index (χ3v) is 3.60. The summed E-state index contributed by atoms with van der Waals surface area (Å²) in [7, 11) is 0. The van der Waals surface area contributed by atoms with Gasteiger partial charge in [-0.05, 0) is 25.0 Å². The lowest BCUT2D eigenvalue weighted by molar-refractivity contribution is -0.128. The first-order valence-electron chi connectivity index (χ1n) is 7.61. The fraction of sp³-hybridized carbons (Fsp3) is 0.353. The fourth-order valence-electron chi connectivity index (χ4n) is 2.36. The molecule has 120 valence electrons. The number of aromatic nitrogens is 1. The second-order valence-electron chi connectivity index (χ2n) is 5.35. The zero-order valence-electron chi connectivity index (χ0n) is 13.1. The molecule has 0 saturated heterocycles. The van der Waals surface area contributed by atoms with Gasteiger partial charge in [-0.1, -0.05) is 18.2 Å². The van der Waals surface area contributed by atoms with Crippen LogP contribution in [0.15, 0.2) is 30.5 Å². The molecule has 2 aromatic rings. The predicted octanol–water partition coefficient (Wildman–Crippen LogP) is 1.64. The average Bonchev–Trinajstić information content (AvgIpc) is 2.96. The van der Waals surface area contributed by atoms with Gasteiger partial charge < -0.3 is 15.6 Å². The molecule has 0 radical (unpaired) electrons. The van der Waals surface area contributed by atoms with E-state index in [0.29, 0.717) is 19.4 Å². The molecule has 0 bridgehead atoms. The molecule has 2 amide bonds. The molecule has 1 heterocycles. The zero-order chi connectivity index (χ0) is 16.7. The SMILES string of the molecule is CC(NC(=O)CCc1c[nH]c2ccccc12)C(=O)NCCC#N. The van der Waals surface area contributed by atoms with Gasteiger partial charge >= 0.3 is 0 Å². The van der Waals surface area contributed by atoms with E-state index >= 15 is 0 Å². The van der Waals surface area contributed by atoms with Gasteiger partial charge in [0.2, 0.25) is 11.8 Å². The molecule has 1 atom stereocenters. The van der Waals surface area contributed by atoms with E-state index < -0.39 is 6.04 Å². The van der Waals surface area contributed by atoms with Crippen molar-refractivity contribution in [2.45, 2.75) is 32.2 Å². The number of carbonyl (C=O) groups is 2. The maximum Gasteiger partial charge on any atom is 0.242 e. The smallest absolute Gasteiger partial charge is 0.242 e. The zero-order valence-corrected chi connectivity index (χ0v) is 13.1. The third-order valence-electron chi connectivity index (χ3n) is 3.60. The molecule has 0 aliphatic heterocycles. The van der Waals surface area contributed by atoms with Crippen molar-refractivity contribution in [3.8, 4) is 6.07 Å². The fourth-order valence-corrected chi connectivity index (χ4v) is 2.36. The molecule has 6 nitrogen and oxygen atoms in total. The van der Waals surface area contributed by atoms with E-state index in [2.05, 4.69) is 15.6 Å². The molecule has 0 aliphatic rings. The van der Waals surface area contributed by atoms with Gasteiger partial charge in [0.25, 0.3) is 0 Å². The molecular formula is C17H20N4O2. The Bertz CT molecular complexity index is 730. The highest BCUT2D eigenvalue weighted by Crippen LogP contribution is 2.18. The molecule has 0 fully saturated rings. The van der Waals surface area contributed by atoms with Crippen LogP contribution in [0.3, 0.4) is 0 Å². The maximum absolute atomic E-state index is 12.0. The number of benzene rings is 1. The monoisotopic (exact) mass is 312 g/mol. The largest absolute Gasteiger partial charge is 0.361 e. The first kappa shape index (κ1) is 16.6. The van der Waals surface area contributed by atoms with Crippen molar-refractivity contribution >= 4 is 22.7 Å². The van der Waals surface area contributed by atoms with Crippen LogP contribution in [0.25, 0.3) is 10.9 Å². The van der Waals surface area contributed by atoms with Crippen LogP contribution in [0, 0.1) is 11.3 Å². The summed E-state index contributed by atoms with van der Waals surface area (Å²) in [4.78, 5) is 26.9. The number of fused-ring (bicyclic) bond motifs is 1. The molecule has 1 aromatic heterocycles. The topological polar surface area (TPSA) is 97.8 Å². The van der Waals surface area contributed by atoms with Gasteiger partial charge in [-0.2, -0.15) is 5.26 Å². The van der Waals surface area contributed by atoms with Gasteiger partial charge in [0.1, 0.15) is 6.04 Å². The summed E-state index contributed by atoms with van der Waals surface area (Å²) >= 11 is 0. The Morgan fingerprint density at radius 3 is 2.91 bits per heavy atom.